The molecule has 1 rings (SSSR count). The Hall–Kier alpha value is -0.120. The summed E-state index contributed by atoms with van der Waals surface area (Å²) in [6.45, 7) is 10.6. The zero-order valence-electron chi connectivity index (χ0n) is 11.8. The molecule has 3 nitrogen and oxygen atoms in total. The average molecular weight is 227 g/mol. The van der Waals surface area contributed by atoms with E-state index in [-0.39, 0.29) is 0 Å². The molecule has 3 unspecified atom stereocenters. The van der Waals surface area contributed by atoms with Gasteiger partial charge in [-0.2, -0.15) is 0 Å². The highest BCUT2D eigenvalue weighted by atomic mass is 15.2. The molecule has 3 heteroatoms. The van der Waals surface area contributed by atoms with Gasteiger partial charge >= 0.3 is 0 Å². The zero-order chi connectivity index (χ0) is 12.3. The summed E-state index contributed by atoms with van der Waals surface area (Å²) in [7, 11) is 6.47. The molecule has 1 aliphatic rings. The number of hydrogen-bond acceptors (Lipinski definition) is 3. The SMILES string of the molecule is CNC(CN1CC(C)C(N(C)C)C1)C(C)C. The minimum atomic E-state index is 0.619. The van der Waals surface area contributed by atoms with Gasteiger partial charge in [0.25, 0.3) is 0 Å². The minimum absolute atomic E-state index is 0.619. The molecule has 1 heterocycles. The van der Waals surface area contributed by atoms with Gasteiger partial charge in [-0.25, -0.2) is 0 Å². The fourth-order valence-electron chi connectivity index (χ4n) is 2.78. The second-order valence-corrected chi connectivity index (χ2v) is 5.87. The first-order valence-corrected chi connectivity index (χ1v) is 6.51. The van der Waals surface area contributed by atoms with E-state index in [0.29, 0.717) is 12.0 Å². The van der Waals surface area contributed by atoms with Crippen molar-refractivity contribution in [2.24, 2.45) is 11.8 Å². The zero-order valence-corrected chi connectivity index (χ0v) is 11.8. The molecule has 3 atom stereocenters. The summed E-state index contributed by atoms with van der Waals surface area (Å²) in [4.78, 5) is 4.98. The Balaban J connectivity index is 2.46. The first kappa shape index (κ1) is 13.9. The van der Waals surface area contributed by atoms with Crippen LogP contribution < -0.4 is 5.32 Å². The third kappa shape index (κ3) is 3.44. The van der Waals surface area contributed by atoms with Crippen LogP contribution in [0.3, 0.4) is 0 Å². The van der Waals surface area contributed by atoms with E-state index in [1.807, 2.05) is 0 Å². The second-order valence-electron chi connectivity index (χ2n) is 5.87. The molecule has 0 spiro atoms. The summed E-state index contributed by atoms with van der Waals surface area (Å²) in [5.41, 5.74) is 0. The van der Waals surface area contributed by atoms with E-state index in [2.05, 4.69) is 57.0 Å². The van der Waals surface area contributed by atoms with Gasteiger partial charge < -0.3 is 10.2 Å². The van der Waals surface area contributed by atoms with Crippen molar-refractivity contribution in [1.82, 2.24) is 15.1 Å². The van der Waals surface area contributed by atoms with Crippen LogP contribution in [0.4, 0.5) is 0 Å². The normalized spacial score (nSPS) is 29.2. The first-order valence-electron chi connectivity index (χ1n) is 6.51. The van der Waals surface area contributed by atoms with Crippen molar-refractivity contribution in [2.45, 2.75) is 32.9 Å². The molecule has 0 aromatic rings. The molecule has 0 aromatic heterocycles. The van der Waals surface area contributed by atoms with Crippen LogP contribution in [0.15, 0.2) is 0 Å². The first-order chi connectivity index (χ1) is 7.45. The molecule has 16 heavy (non-hydrogen) atoms. The van der Waals surface area contributed by atoms with E-state index in [4.69, 9.17) is 0 Å². The lowest BCUT2D eigenvalue weighted by atomic mass is 10.0. The van der Waals surface area contributed by atoms with Crippen molar-refractivity contribution >= 4 is 0 Å². The van der Waals surface area contributed by atoms with E-state index in [9.17, 15) is 0 Å². The van der Waals surface area contributed by atoms with Crippen LogP contribution in [0.1, 0.15) is 20.8 Å². The van der Waals surface area contributed by atoms with Gasteiger partial charge in [-0.3, -0.25) is 4.90 Å². The molecule has 1 fully saturated rings. The van der Waals surface area contributed by atoms with Crippen LogP contribution in [0.5, 0.6) is 0 Å². The maximum atomic E-state index is 3.43. The van der Waals surface area contributed by atoms with Crippen LogP contribution in [-0.2, 0) is 0 Å². The Labute approximate surface area is 101 Å². The molecule has 0 radical (unpaired) electrons. The molecule has 1 saturated heterocycles. The van der Waals surface area contributed by atoms with Gasteiger partial charge in [0.2, 0.25) is 0 Å². The smallest absolute Gasteiger partial charge is 0.0254 e. The molecule has 0 saturated carbocycles. The fourth-order valence-corrected chi connectivity index (χ4v) is 2.78. The van der Waals surface area contributed by atoms with Gasteiger partial charge in [0, 0.05) is 31.7 Å². The van der Waals surface area contributed by atoms with Gasteiger partial charge in [0.05, 0.1) is 0 Å². The van der Waals surface area contributed by atoms with E-state index in [0.717, 1.165) is 12.0 Å². The summed E-state index contributed by atoms with van der Waals surface area (Å²) < 4.78 is 0. The number of likely N-dealkylation sites (N-methyl/N-ethyl adjacent to an activating group) is 2. The van der Waals surface area contributed by atoms with Gasteiger partial charge in [0.15, 0.2) is 0 Å². The molecule has 0 amide bonds. The highest BCUT2D eigenvalue weighted by Gasteiger charge is 2.32. The van der Waals surface area contributed by atoms with Crippen molar-refractivity contribution in [2.75, 3.05) is 40.8 Å². The van der Waals surface area contributed by atoms with Crippen LogP contribution in [-0.4, -0.2) is 62.7 Å². The molecule has 0 aliphatic carbocycles. The molecule has 1 N–H and O–H groups in total. The second kappa shape index (κ2) is 5.99. The Kier molecular flexibility index (Phi) is 5.22. The molecule has 96 valence electrons. The number of likely N-dealkylation sites (tertiary alicyclic amines) is 1. The van der Waals surface area contributed by atoms with Crippen molar-refractivity contribution in [3.63, 3.8) is 0 Å². The summed E-state index contributed by atoms with van der Waals surface area (Å²) in [6, 6.07) is 1.35. The maximum absolute atomic E-state index is 3.43. The van der Waals surface area contributed by atoms with Gasteiger partial charge in [-0.15, -0.1) is 0 Å². The number of hydrogen-bond donors (Lipinski definition) is 1. The number of nitrogens with one attached hydrogen (secondary N) is 1. The highest BCUT2D eigenvalue weighted by Crippen LogP contribution is 2.20. The van der Waals surface area contributed by atoms with Crippen LogP contribution in [0.25, 0.3) is 0 Å². The maximum Gasteiger partial charge on any atom is 0.0254 e. The number of rotatable bonds is 5. The molecule has 1 aliphatic heterocycles. The van der Waals surface area contributed by atoms with Crippen molar-refractivity contribution in [1.29, 1.82) is 0 Å². The van der Waals surface area contributed by atoms with Gasteiger partial charge in [-0.05, 0) is 33.0 Å². The number of nitrogens with zero attached hydrogens (tertiary/aromatic N) is 2. The Morgan fingerprint density at radius 1 is 1.31 bits per heavy atom. The summed E-state index contributed by atoms with van der Waals surface area (Å²) >= 11 is 0. The summed E-state index contributed by atoms with van der Waals surface area (Å²) in [5.74, 6) is 1.50. The summed E-state index contributed by atoms with van der Waals surface area (Å²) in [5, 5.41) is 3.43. The molecular weight excluding hydrogens is 198 g/mol. The van der Waals surface area contributed by atoms with Crippen molar-refractivity contribution in [3.05, 3.63) is 0 Å². The topological polar surface area (TPSA) is 18.5 Å². The highest BCUT2D eigenvalue weighted by molar-refractivity contribution is 4.88. The van der Waals surface area contributed by atoms with Crippen LogP contribution >= 0.6 is 0 Å². The largest absolute Gasteiger partial charge is 0.315 e. The predicted octanol–water partition coefficient (Wildman–Crippen LogP) is 1.11. The Morgan fingerprint density at radius 3 is 2.31 bits per heavy atom. The van der Waals surface area contributed by atoms with Crippen molar-refractivity contribution < 1.29 is 0 Å². The van der Waals surface area contributed by atoms with Gasteiger partial charge in [0.1, 0.15) is 0 Å². The van der Waals surface area contributed by atoms with Crippen LogP contribution in [0, 0.1) is 11.8 Å². The quantitative estimate of drug-likeness (QED) is 0.759. The van der Waals surface area contributed by atoms with Crippen molar-refractivity contribution in [3.8, 4) is 0 Å². The third-order valence-corrected chi connectivity index (χ3v) is 3.94. The fraction of sp³-hybridized carbons (Fsp3) is 1.00. The standard InChI is InChI=1S/C13H29N3/c1-10(2)12(14-4)8-16-7-11(3)13(9-16)15(5)6/h10-14H,7-9H2,1-6H3. The predicted molar refractivity (Wildman–Crippen MR) is 70.8 cm³/mol. The van der Waals surface area contributed by atoms with E-state index in [1.165, 1.54) is 19.6 Å². The lowest BCUT2D eigenvalue weighted by molar-refractivity contribution is 0.232. The lowest BCUT2D eigenvalue weighted by Gasteiger charge is -2.27. The lowest BCUT2D eigenvalue weighted by Crippen LogP contribution is -2.42. The molecule has 0 aromatic carbocycles. The minimum Gasteiger partial charge on any atom is -0.315 e. The van der Waals surface area contributed by atoms with E-state index >= 15 is 0 Å². The van der Waals surface area contributed by atoms with Crippen LogP contribution in [0.2, 0.25) is 0 Å². The van der Waals surface area contributed by atoms with Gasteiger partial charge in [-0.1, -0.05) is 20.8 Å². The monoisotopic (exact) mass is 227 g/mol. The Morgan fingerprint density at radius 2 is 1.94 bits per heavy atom. The molecule has 0 bridgehead atoms. The van der Waals surface area contributed by atoms with E-state index in [1.54, 1.807) is 0 Å². The molecular formula is C13H29N3. The third-order valence-electron chi connectivity index (χ3n) is 3.94. The Bertz CT molecular complexity index is 203. The summed E-state index contributed by atoms with van der Waals surface area (Å²) in [6.07, 6.45) is 0. The van der Waals surface area contributed by atoms with E-state index < -0.39 is 0 Å². The average Bonchev–Trinajstić information content (AvgIpc) is 2.55.